The number of ether oxygens (including phenoxy) is 1. The second-order valence-corrected chi connectivity index (χ2v) is 3.55. The highest BCUT2D eigenvalue weighted by Crippen LogP contribution is 2.01. The number of halogens is 1. The van der Waals surface area contributed by atoms with E-state index in [4.69, 9.17) is 16.2 Å². The summed E-state index contributed by atoms with van der Waals surface area (Å²) in [5.41, 5.74) is 11.6. The number of unbranched alkanes of at least 4 members (excludes halogenated alkanes) is 1. The van der Waals surface area contributed by atoms with E-state index in [1.807, 2.05) is 18.2 Å². The van der Waals surface area contributed by atoms with E-state index in [2.05, 4.69) is 17.1 Å². The first-order valence-corrected chi connectivity index (χ1v) is 5.46. The molecule has 0 aliphatic carbocycles. The molecule has 0 aromatic heterocycles. The smallest absolute Gasteiger partial charge is 0.185 e. The molecule has 96 valence electrons. The summed E-state index contributed by atoms with van der Waals surface area (Å²) in [7, 11) is 0. The highest BCUT2D eigenvalue weighted by atomic mass is 127. The van der Waals surface area contributed by atoms with Gasteiger partial charge in [-0.1, -0.05) is 30.3 Å². The van der Waals surface area contributed by atoms with Gasteiger partial charge in [-0.15, -0.1) is 24.0 Å². The molecule has 0 heterocycles. The third kappa shape index (κ3) is 8.93. The molecule has 1 aromatic rings. The van der Waals surface area contributed by atoms with Gasteiger partial charge < -0.3 is 16.2 Å². The number of benzene rings is 1. The number of hydrogen-bond acceptors (Lipinski definition) is 2. The van der Waals surface area contributed by atoms with Crippen LogP contribution in [0.4, 0.5) is 0 Å². The van der Waals surface area contributed by atoms with Crippen LogP contribution in [-0.4, -0.2) is 19.1 Å². The summed E-state index contributed by atoms with van der Waals surface area (Å²) in [6, 6.07) is 10.1. The Labute approximate surface area is 119 Å². The first kappa shape index (κ1) is 16.2. The first-order chi connectivity index (χ1) is 7.79. The largest absolute Gasteiger partial charge is 0.377 e. The number of nitrogens with two attached hydrogens (primary N) is 2. The maximum atomic E-state index is 5.52. The number of nitrogens with zero attached hydrogens (tertiary/aromatic N) is 1. The van der Waals surface area contributed by atoms with E-state index in [0.717, 1.165) is 19.4 Å². The highest BCUT2D eigenvalue weighted by Gasteiger charge is 1.92. The summed E-state index contributed by atoms with van der Waals surface area (Å²) in [5.74, 6) is 0.158. The third-order valence-electron chi connectivity index (χ3n) is 2.10. The zero-order valence-corrected chi connectivity index (χ0v) is 12.2. The molecular weight excluding hydrogens is 329 g/mol. The number of rotatable bonds is 7. The molecule has 1 aromatic carbocycles. The van der Waals surface area contributed by atoms with Crippen LogP contribution < -0.4 is 11.5 Å². The minimum atomic E-state index is 0. The minimum absolute atomic E-state index is 0. The molecule has 0 saturated heterocycles. The molecule has 0 fully saturated rings. The van der Waals surface area contributed by atoms with Gasteiger partial charge in [-0.25, -0.2) is 0 Å². The molecule has 4 N–H and O–H groups in total. The predicted molar refractivity (Wildman–Crippen MR) is 81.4 cm³/mol. The third-order valence-corrected chi connectivity index (χ3v) is 2.10. The normalized spacial score (nSPS) is 9.41. The molecule has 0 saturated carbocycles. The van der Waals surface area contributed by atoms with Crippen LogP contribution in [-0.2, 0) is 11.3 Å². The van der Waals surface area contributed by atoms with Crippen LogP contribution in [0.2, 0.25) is 0 Å². The summed E-state index contributed by atoms with van der Waals surface area (Å²) in [4.78, 5) is 3.90. The summed E-state index contributed by atoms with van der Waals surface area (Å²) >= 11 is 0. The van der Waals surface area contributed by atoms with Crippen LogP contribution in [0.1, 0.15) is 18.4 Å². The van der Waals surface area contributed by atoms with Gasteiger partial charge in [-0.2, -0.15) is 0 Å². The van der Waals surface area contributed by atoms with E-state index >= 15 is 0 Å². The van der Waals surface area contributed by atoms with Crippen LogP contribution in [0.5, 0.6) is 0 Å². The fraction of sp³-hybridized carbons (Fsp3) is 0.417. The minimum Gasteiger partial charge on any atom is -0.377 e. The van der Waals surface area contributed by atoms with Crippen LogP contribution in [0, 0.1) is 0 Å². The number of hydrogen-bond donors (Lipinski definition) is 2. The van der Waals surface area contributed by atoms with Crippen molar-refractivity contribution in [3.8, 4) is 0 Å². The molecule has 0 amide bonds. The SMILES string of the molecule is I.NC(N)=NCCCCOCc1ccccc1. The molecule has 0 spiro atoms. The Kier molecular flexibility index (Phi) is 9.84. The van der Waals surface area contributed by atoms with Crippen molar-refractivity contribution >= 4 is 29.9 Å². The second-order valence-electron chi connectivity index (χ2n) is 3.55. The molecule has 4 nitrogen and oxygen atoms in total. The second kappa shape index (κ2) is 10.3. The van der Waals surface area contributed by atoms with Crippen molar-refractivity contribution in [1.29, 1.82) is 0 Å². The standard InChI is InChI=1S/C12H19N3O.HI/c13-12(14)15-8-4-5-9-16-10-11-6-2-1-3-7-11;/h1-3,6-7H,4-5,8-10H2,(H4,13,14,15);1H. The Bertz CT molecular complexity index is 313. The fourth-order valence-electron chi connectivity index (χ4n) is 1.29. The maximum Gasteiger partial charge on any atom is 0.185 e. The summed E-state index contributed by atoms with van der Waals surface area (Å²) in [6.45, 7) is 2.09. The van der Waals surface area contributed by atoms with Gasteiger partial charge >= 0.3 is 0 Å². The fourth-order valence-corrected chi connectivity index (χ4v) is 1.29. The Hall–Kier alpha value is -0.820. The molecule has 0 bridgehead atoms. The van der Waals surface area contributed by atoms with Gasteiger partial charge in [-0.05, 0) is 18.4 Å². The first-order valence-electron chi connectivity index (χ1n) is 5.46. The van der Waals surface area contributed by atoms with Gasteiger partial charge in [-0.3, -0.25) is 4.99 Å². The Morgan fingerprint density at radius 2 is 1.82 bits per heavy atom. The summed E-state index contributed by atoms with van der Waals surface area (Å²) in [6.07, 6.45) is 1.93. The molecule has 0 radical (unpaired) electrons. The zero-order chi connectivity index (χ0) is 11.6. The van der Waals surface area contributed by atoms with Gasteiger partial charge in [0.1, 0.15) is 0 Å². The Morgan fingerprint density at radius 1 is 1.12 bits per heavy atom. The van der Waals surface area contributed by atoms with E-state index < -0.39 is 0 Å². The van der Waals surface area contributed by atoms with Crippen LogP contribution in [0.3, 0.4) is 0 Å². The van der Waals surface area contributed by atoms with Gasteiger partial charge in [0, 0.05) is 13.2 Å². The molecule has 0 atom stereocenters. The van der Waals surface area contributed by atoms with Crippen molar-refractivity contribution in [3.05, 3.63) is 35.9 Å². The summed E-state index contributed by atoms with van der Waals surface area (Å²) in [5, 5.41) is 0. The molecule has 1 rings (SSSR count). The van der Waals surface area contributed by atoms with E-state index in [-0.39, 0.29) is 29.9 Å². The molecular formula is C12H20IN3O. The molecule has 0 aliphatic heterocycles. The lowest BCUT2D eigenvalue weighted by Crippen LogP contribution is -2.22. The molecule has 5 heteroatoms. The number of aliphatic imine (C=N–C) groups is 1. The van der Waals surface area contributed by atoms with Crippen molar-refractivity contribution in [1.82, 2.24) is 0 Å². The lowest BCUT2D eigenvalue weighted by atomic mass is 10.2. The van der Waals surface area contributed by atoms with Crippen LogP contribution >= 0.6 is 24.0 Å². The van der Waals surface area contributed by atoms with Gasteiger partial charge in [0.05, 0.1) is 6.61 Å². The maximum absolute atomic E-state index is 5.52. The van der Waals surface area contributed by atoms with E-state index in [1.54, 1.807) is 0 Å². The average Bonchev–Trinajstić information content (AvgIpc) is 2.29. The number of guanidine groups is 1. The molecule has 0 aliphatic rings. The van der Waals surface area contributed by atoms with E-state index in [1.165, 1.54) is 5.56 Å². The van der Waals surface area contributed by atoms with Gasteiger partial charge in [0.2, 0.25) is 0 Å². The van der Waals surface area contributed by atoms with Crippen LogP contribution in [0.15, 0.2) is 35.3 Å². The predicted octanol–water partition coefficient (Wildman–Crippen LogP) is 1.87. The van der Waals surface area contributed by atoms with Crippen LogP contribution in [0.25, 0.3) is 0 Å². The lowest BCUT2D eigenvalue weighted by molar-refractivity contribution is 0.117. The van der Waals surface area contributed by atoms with E-state index in [9.17, 15) is 0 Å². The van der Waals surface area contributed by atoms with Crippen molar-refractivity contribution in [2.75, 3.05) is 13.2 Å². The zero-order valence-electron chi connectivity index (χ0n) is 9.84. The summed E-state index contributed by atoms with van der Waals surface area (Å²) < 4.78 is 5.52. The Morgan fingerprint density at radius 3 is 2.47 bits per heavy atom. The molecule has 17 heavy (non-hydrogen) atoms. The van der Waals surface area contributed by atoms with Crippen molar-refractivity contribution in [2.45, 2.75) is 19.4 Å². The van der Waals surface area contributed by atoms with Crippen molar-refractivity contribution in [3.63, 3.8) is 0 Å². The van der Waals surface area contributed by atoms with Gasteiger partial charge in [0.25, 0.3) is 0 Å². The van der Waals surface area contributed by atoms with Crippen molar-refractivity contribution < 1.29 is 4.74 Å². The topological polar surface area (TPSA) is 73.6 Å². The van der Waals surface area contributed by atoms with Gasteiger partial charge in [0.15, 0.2) is 5.96 Å². The highest BCUT2D eigenvalue weighted by molar-refractivity contribution is 14.0. The van der Waals surface area contributed by atoms with E-state index in [0.29, 0.717) is 13.2 Å². The quantitative estimate of drug-likeness (QED) is 0.342. The lowest BCUT2D eigenvalue weighted by Gasteiger charge is -2.03. The average molecular weight is 349 g/mol. The molecule has 0 unspecified atom stereocenters. The monoisotopic (exact) mass is 349 g/mol. The van der Waals surface area contributed by atoms with Crippen molar-refractivity contribution in [2.24, 2.45) is 16.5 Å². The Balaban J connectivity index is 0.00000256.